The highest BCUT2D eigenvalue weighted by atomic mass is 35.5. The molecule has 1 fully saturated rings. The fourth-order valence-electron chi connectivity index (χ4n) is 2.51. The second-order valence-corrected chi connectivity index (χ2v) is 6.53. The molecule has 1 saturated heterocycles. The number of aromatic nitrogens is 1. The third kappa shape index (κ3) is 6.63. The van der Waals surface area contributed by atoms with Crippen molar-refractivity contribution < 1.29 is 9.59 Å². The highest BCUT2D eigenvalue weighted by Crippen LogP contribution is 2.18. The van der Waals surface area contributed by atoms with Crippen molar-refractivity contribution in [3.8, 4) is 0 Å². The predicted octanol–water partition coefficient (Wildman–Crippen LogP) is 1.63. The number of nitrogens with two attached hydrogens (primary N) is 1. The summed E-state index contributed by atoms with van der Waals surface area (Å²) in [4.78, 5) is 30.3. The van der Waals surface area contributed by atoms with Crippen molar-refractivity contribution in [1.29, 1.82) is 0 Å². The van der Waals surface area contributed by atoms with Gasteiger partial charge in [0.1, 0.15) is 0 Å². The summed E-state index contributed by atoms with van der Waals surface area (Å²) in [5.41, 5.74) is 6.06. The second kappa shape index (κ2) is 9.81. The van der Waals surface area contributed by atoms with Crippen molar-refractivity contribution in [1.82, 2.24) is 15.2 Å². The average Bonchev–Trinajstić information content (AvgIpc) is 2.52. The molecule has 0 bridgehead atoms. The molecule has 1 aromatic rings. The third-order valence-corrected chi connectivity index (χ3v) is 3.72. The number of rotatable bonds is 4. The molecule has 0 aliphatic carbocycles. The van der Waals surface area contributed by atoms with Gasteiger partial charge in [-0.25, -0.2) is 0 Å². The normalized spacial score (nSPS) is 17.3. The number of hydrogen-bond donors (Lipinski definition) is 2. The molecule has 2 amide bonds. The van der Waals surface area contributed by atoms with Crippen LogP contribution in [0.15, 0.2) is 24.5 Å². The molecule has 1 aliphatic rings. The fourth-order valence-corrected chi connectivity index (χ4v) is 2.51. The number of hydrogen-bond acceptors (Lipinski definition) is 4. The van der Waals surface area contributed by atoms with E-state index in [-0.39, 0.29) is 42.5 Å². The monoisotopic (exact) mass is 376 g/mol. The minimum Gasteiger partial charge on any atom is -0.354 e. The number of pyridine rings is 1. The molecule has 3 N–H and O–H groups in total. The minimum absolute atomic E-state index is 0. The van der Waals surface area contributed by atoms with Crippen molar-refractivity contribution in [2.75, 3.05) is 19.6 Å². The summed E-state index contributed by atoms with van der Waals surface area (Å²) in [7, 11) is 0. The number of piperidine rings is 1. The first-order valence-electron chi connectivity index (χ1n) is 7.63. The smallest absolute Gasteiger partial charge is 0.253 e. The second-order valence-electron chi connectivity index (χ2n) is 6.53. The summed E-state index contributed by atoms with van der Waals surface area (Å²) in [6.07, 6.45) is 4.84. The van der Waals surface area contributed by atoms with Crippen molar-refractivity contribution in [2.24, 2.45) is 11.7 Å². The molecule has 0 aromatic carbocycles. The van der Waals surface area contributed by atoms with E-state index in [1.165, 1.54) is 0 Å². The van der Waals surface area contributed by atoms with Crippen LogP contribution in [-0.2, 0) is 4.79 Å². The van der Waals surface area contributed by atoms with E-state index in [0.717, 1.165) is 12.8 Å². The van der Waals surface area contributed by atoms with E-state index in [4.69, 9.17) is 5.73 Å². The molecule has 0 saturated carbocycles. The topological polar surface area (TPSA) is 88.3 Å². The summed E-state index contributed by atoms with van der Waals surface area (Å²) in [6.45, 7) is 5.31. The van der Waals surface area contributed by atoms with Crippen LogP contribution >= 0.6 is 24.8 Å². The molecule has 1 unspecified atom stereocenters. The van der Waals surface area contributed by atoms with Crippen LogP contribution in [0.25, 0.3) is 0 Å². The number of halogens is 2. The van der Waals surface area contributed by atoms with Crippen molar-refractivity contribution in [3.05, 3.63) is 30.1 Å². The first-order valence-corrected chi connectivity index (χ1v) is 7.63. The van der Waals surface area contributed by atoms with Gasteiger partial charge in [-0.05, 0) is 38.8 Å². The van der Waals surface area contributed by atoms with E-state index >= 15 is 0 Å². The molecule has 0 radical (unpaired) electrons. The SMILES string of the molecule is CC(C)(N)CNC(=O)C1CCCN(C(=O)c2ccncc2)C1.Cl.Cl. The molecule has 136 valence electrons. The summed E-state index contributed by atoms with van der Waals surface area (Å²) in [5.74, 6) is -0.230. The predicted molar refractivity (Wildman–Crippen MR) is 98.6 cm³/mol. The number of carbonyl (C=O) groups excluding carboxylic acids is 2. The molecule has 2 heterocycles. The van der Waals surface area contributed by atoms with Gasteiger partial charge in [0.2, 0.25) is 5.91 Å². The Bertz CT molecular complexity index is 535. The van der Waals surface area contributed by atoms with E-state index < -0.39 is 5.54 Å². The zero-order valence-electron chi connectivity index (χ0n) is 14.0. The van der Waals surface area contributed by atoms with E-state index in [9.17, 15) is 9.59 Å². The highest BCUT2D eigenvalue weighted by molar-refractivity contribution is 5.94. The summed E-state index contributed by atoms with van der Waals surface area (Å²) >= 11 is 0. The number of amides is 2. The zero-order valence-corrected chi connectivity index (χ0v) is 15.7. The lowest BCUT2D eigenvalue weighted by molar-refractivity contribution is -0.126. The third-order valence-electron chi connectivity index (χ3n) is 3.72. The molecule has 6 nitrogen and oxygen atoms in total. The Hall–Kier alpha value is -1.37. The van der Waals surface area contributed by atoms with E-state index in [1.807, 2.05) is 13.8 Å². The Morgan fingerprint density at radius 3 is 2.54 bits per heavy atom. The lowest BCUT2D eigenvalue weighted by Gasteiger charge is -2.32. The van der Waals surface area contributed by atoms with Gasteiger partial charge in [0.15, 0.2) is 0 Å². The summed E-state index contributed by atoms with van der Waals surface area (Å²) in [5, 5.41) is 2.88. The van der Waals surface area contributed by atoms with Gasteiger partial charge in [-0.15, -0.1) is 24.8 Å². The molecular formula is C16H26Cl2N4O2. The average molecular weight is 377 g/mol. The lowest BCUT2D eigenvalue weighted by atomic mass is 9.96. The molecule has 1 aromatic heterocycles. The Morgan fingerprint density at radius 1 is 1.33 bits per heavy atom. The maximum absolute atomic E-state index is 12.4. The number of nitrogens with zero attached hydrogens (tertiary/aromatic N) is 2. The van der Waals surface area contributed by atoms with E-state index in [1.54, 1.807) is 29.4 Å². The standard InChI is InChI=1S/C16H24N4O2.2ClH/c1-16(2,17)11-19-14(21)13-4-3-9-20(10-13)15(22)12-5-7-18-8-6-12;;/h5-8,13H,3-4,9-11,17H2,1-2H3,(H,19,21);2*1H. The van der Waals surface area contributed by atoms with Crippen LogP contribution in [0.3, 0.4) is 0 Å². The van der Waals surface area contributed by atoms with E-state index in [2.05, 4.69) is 10.3 Å². The van der Waals surface area contributed by atoms with Gasteiger partial charge in [0.05, 0.1) is 5.92 Å². The van der Waals surface area contributed by atoms with E-state index in [0.29, 0.717) is 25.2 Å². The van der Waals surface area contributed by atoms with Gasteiger partial charge in [0.25, 0.3) is 5.91 Å². The summed E-state index contributed by atoms with van der Waals surface area (Å²) in [6, 6.07) is 3.39. The Kier molecular flexibility index (Phi) is 9.25. The fraction of sp³-hybridized carbons (Fsp3) is 0.562. The van der Waals surface area contributed by atoms with Gasteiger partial charge in [-0.1, -0.05) is 0 Å². The number of likely N-dealkylation sites (tertiary alicyclic amines) is 1. The van der Waals surface area contributed by atoms with Crippen LogP contribution in [-0.4, -0.2) is 46.9 Å². The van der Waals surface area contributed by atoms with Crippen LogP contribution in [0.2, 0.25) is 0 Å². The summed E-state index contributed by atoms with van der Waals surface area (Å²) < 4.78 is 0. The lowest BCUT2D eigenvalue weighted by Crippen LogP contribution is -2.50. The van der Waals surface area contributed by atoms with Crippen LogP contribution in [0.4, 0.5) is 0 Å². The zero-order chi connectivity index (χ0) is 16.2. The molecule has 24 heavy (non-hydrogen) atoms. The maximum Gasteiger partial charge on any atom is 0.253 e. The number of carbonyl (C=O) groups is 2. The molecule has 8 heteroatoms. The molecule has 0 spiro atoms. The van der Waals surface area contributed by atoms with Crippen LogP contribution < -0.4 is 11.1 Å². The Labute approximate surface area is 155 Å². The molecule has 2 rings (SSSR count). The van der Waals surface area contributed by atoms with Gasteiger partial charge >= 0.3 is 0 Å². The van der Waals surface area contributed by atoms with Gasteiger partial charge < -0.3 is 16.0 Å². The number of nitrogens with one attached hydrogen (secondary N) is 1. The minimum atomic E-state index is -0.434. The van der Waals surface area contributed by atoms with Crippen LogP contribution in [0.5, 0.6) is 0 Å². The van der Waals surface area contributed by atoms with Crippen LogP contribution in [0.1, 0.15) is 37.0 Å². The van der Waals surface area contributed by atoms with Gasteiger partial charge in [-0.3, -0.25) is 14.6 Å². The Morgan fingerprint density at radius 2 is 1.96 bits per heavy atom. The van der Waals surface area contributed by atoms with Gasteiger partial charge in [-0.2, -0.15) is 0 Å². The van der Waals surface area contributed by atoms with Gasteiger partial charge in [0, 0.05) is 43.1 Å². The maximum atomic E-state index is 12.4. The Balaban J connectivity index is 0.00000264. The molecule has 1 atom stereocenters. The largest absolute Gasteiger partial charge is 0.354 e. The van der Waals surface area contributed by atoms with Crippen molar-refractivity contribution >= 4 is 36.6 Å². The highest BCUT2D eigenvalue weighted by Gasteiger charge is 2.29. The molecular weight excluding hydrogens is 351 g/mol. The first kappa shape index (κ1) is 22.6. The van der Waals surface area contributed by atoms with Crippen LogP contribution in [0, 0.1) is 5.92 Å². The quantitative estimate of drug-likeness (QED) is 0.835. The first-order chi connectivity index (χ1) is 10.4. The van der Waals surface area contributed by atoms with Crippen molar-refractivity contribution in [3.63, 3.8) is 0 Å². The molecule has 1 aliphatic heterocycles. The van der Waals surface area contributed by atoms with Crippen molar-refractivity contribution in [2.45, 2.75) is 32.2 Å².